The van der Waals surface area contributed by atoms with E-state index >= 15 is 0 Å². The van der Waals surface area contributed by atoms with Crippen molar-refractivity contribution in [2.45, 2.75) is 20.3 Å². The fourth-order valence-corrected chi connectivity index (χ4v) is 4.55. The monoisotopic (exact) mass is 396 g/mol. The van der Waals surface area contributed by atoms with Gasteiger partial charge in [-0.25, -0.2) is 0 Å². The van der Waals surface area contributed by atoms with E-state index in [4.69, 9.17) is 0 Å². The molecule has 2 aromatic carbocycles. The summed E-state index contributed by atoms with van der Waals surface area (Å²) in [5.74, 6) is -0.913. The minimum absolute atomic E-state index is 0.340. The van der Waals surface area contributed by atoms with Crippen LogP contribution in [0.1, 0.15) is 33.0 Å². The first-order chi connectivity index (χ1) is 12.0. The van der Waals surface area contributed by atoms with Crippen molar-refractivity contribution in [2.24, 2.45) is 0 Å². The van der Waals surface area contributed by atoms with Gasteiger partial charge in [0.25, 0.3) is 0 Å². The average molecular weight is 395 g/mol. The summed E-state index contributed by atoms with van der Waals surface area (Å²) < 4.78 is 1.13. The molecule has 1 aromatic heterocycles. The summed E-state index contributed by atoms with van der Waals surface area (Å²) in [5.41, 5.74) is 5.08. The standard InChI is InChI=1S/C20H16N2O2Se/c1-3-13-4-6-14(7-5-13)17-9-8-15(10-16(17)11-21)19-22-12(2)18(25-19)20(23)24/h4-10H,3H2,1-2H3,(H,23,24). The second kappa shape index (κ2) is 7.06. The summed E-state index contributed by atoms with van der Waals surface area (Å²) in [6, 6.07) is 16.1. The van der Waals surface area contributed by atoms with Crippen LogP contribution in [0.5, 0.6) is 0 Å². The van der Waals surface area contributed by atoms with Crippen molar-refractivity contribution < 1.29 is 9.90 Å². The third-order valence-electron chi connectivity index (χ3n) is 4.05. The third kappa shape index (κ3) is 3.41. The number of benzene rings is 2. The molecule has 25 heavy (non-hydrogen) atoms. The van der Waals surface area contributed by atoms with E-state index in [2.05, 4.69) is 30.1 Å². The number of aromatic carboxylic acids is 1. The van der Waals surface area contributed by atoms with Gasteiger partial charge in [-0.05, 0) is 0 Å². The minimum atomic E-state index is -0.913. The molecule has 0 fully saturated rings. The topological polar surface area (TPSA) is 74.0 Å². The van der Waals surface area contributed by atoms with Gasteiger partial charge in [0.15, 0.2) is 0 Å². The predicted molar refractivity (Wildman–Crippen MR) is 97.8 cm³/mol. The van der Waals surface area contributed by atoms with Gasteiger partial charge in [-0.15, -0.1) is 0 Å². The van der Waals surface area contributed by atoms with Crippen molar-refractivity contribution in [1.82, 2.24) is 4.98 Å². The number of aromatic nitrogens is 1. The Bertz CT molecular complexity index is 982. The zero-order valence-corrected chi connectivity index (χ0v) is 15.6. The van der Waals surface area contributed by atoms with Crippen molar-refractivity contribution in [2.75, 3.05) is 0 Å². The number of carbonyl (C=O) groups is 1. The summed E-state index contributed by atoms with van der Waals surface area (Å²) in [5, 5.41) is 18.8. The number of nitriles is 1. The van der Waals surface area contributed by atoms with Crippen molar-refractivity contribution >= 4 is 20.5 Å². The Morgan fingerprint density at radius 2 is 1.88 bits per heavy atom. The van der Waals surface area contributed by atoms with Gasteiger partial charge in [-0.3, -0.25) is 0 Å². The van der Waals surface area contributed by atoms with E-state index in [1.54, 1.807) is 6.92 Å². The van der Waals surface area contributed by atoms with E-state index in [0.717, 1.165) is 27.7 Å². The van der Waals surface area contributed by atoms with E-state index in [9.17, 15) is 15.2 Å². The van der Waals surface area contributed by atoms with E-state index < -0.39 is 5.97 Å². The molecule has 0 saturated carbocycles. The van der Waals surface area contributed by atoms with Gasteiger partial charge in [0, 0.05) is 0 Å². The molecule has 5 heteroatoms. The van der Waals surface area contributed by atoms with Crippen LogP contribution in [0.4, 0.5) is 0 Å². The summed E-state index contributed by atoms with van der Waals surface area (Å²) in [4.78, 5) is 15.6. The van der Waals surface area contributed by atoms with Gasteiger partial charge in [-0.1, -0.05) is 0 Å². The zero-order valence-electron chi connectivity index (χ0n) is 13.9. The zero-order chi connectivity index (χ0) is 18.0. The molecular formula is C20H16N2O2Se. The number of hydrogen-bond donors (Lipinski definition) is 1. The Balaban J connectivity index is 2.04. The second-order valence-corrected chi connectivity index (χ2v) is 7.76. The first-order valence-corrected chi connectivity index (χ1v) is 9.59. The SMILES string of the molecule is CCc1ccc(-c2ccc(-c3nc(C)c(C(=O)O)[se]3)cc2C#N)cc1. The number of aryl methyl sites for hydroxylation is 2. The summed E-state index contributed by atoms with van der Waals surface area (Å²) >= 11 is -0.340. The Kier molecular flexibility index (Phi) is 4.85. The van der Waals surface area contributed by atoms with Gasteiger partial charge in [0.05, 0.1) is 0 Å². The molecule has 0 amide bonds. The first kappa shape index (κ1) is 17.2. The maximum atomic E-state index is 11.2. The maximum absolute atomic E-state index is 11.2. The predicted octanol–water partition coefficient (Wildman–Crippen LogP) is 3.91. The molecular weight excluding hydrogens is 379 g/mol. The fourth-order valence-electron chi connectivity index (χ4n) is 2.66. The molecule has 0 aliphatic rings. The van der Waals surface area contributed by atoms with Crippen molar-refractivity contribution in [1.29, 1.82) is 5.26 Å². The van der Waals surface area contributed by atoms with Crippen LogP contribution in [-0.2, 0) is 6.42 Å². The number of carboxylic acid groups (broad SMARTS) is 1. The van der Waals surface area contributed by atoms with Gasteiger partial charge in [-0.2, -0.15) is 0 Å². The molecule has 0 aliphatic heterocycles. The second-order valence-electron chi connectivity index (χ2n) is 5.66. The Morgan fingerprint density at radius 3 is 2.44 bits per heavy atom. The molecule has 3 rings (SSSR count). The summed E-state index contributed by atoms with van der Waals surface area (Å²) in [6.45, 7) is 3.82. The molecule has 0 aliphatic carbocycles. The molecule has 0 bridgehead atoms. The van der Waals surface area contributed by atoms with Gasteiger partial charge < -0.3 is 0 Å². The van der Waals surface area contributed by atoms with E-state index in [1.807, 2.05) is 30.3 Å². The van der Waals surface area contributed by atoms with Crippen LogP contribution in [0.15, 0.2) is 42.5 Å². The van der Waals surface area contributed by atoms with Gasteiger partial charge >= 0.3 is 152 Å². The molecule has 4 nitrogen and oxygen atoms in total. The third-order valence-corrected chi connectivity index (χ3v) is 6.56. The quantitative estimate of drug-likeness (QED) is 0.680. The van der Waals surface area contributed by atoms with Crippen LogP contribution in [0.25, 0.3) is 21.3 Å². The molecule has 0 radical (unpaired) electrons. The molecule has 1 N–H and O–H groups in total. The molecule has 0 atom stereocenters. The number of nitrogens with zero attached hydrogens (tertiary/aromatic N) is 2. The normalized spacial score (nSPS) is 10.4. The van der Waals surface area contributed by atoms with Crippen molar-refractivity contribution in [3.8, 4) is 27.3 Å². The molecule has 0 spiro atoms. The van der Waals surface area contributed by atoms with Crippen LogP contribution in [-0.4, -0.2) is 30.6 Å². The Morgan fingerprint density at radius 1 is 1.20 bits per heavy atom. The number of rotatable bonds is 4. The molecule has 0 unspecified atom stereocenters. The Labute approximate surface area is 152 Å². The van der Waals surface area contributed by atoms with Crippen LogP contribution >= 0.6 is 0 Å². The first-order valence-electron chi connectivity index (χ1n) is 7.88. The summed E-state index contributed by atoms with van der Waals surface area (Å²) in [7, 11) is 0. The molecule has 1 heterocycles. The van der Waals surface area contributed by atoms with Crippen molar-refractivity contribution in [3.63, 3.8) is 0 Å². The van der Waals surface area contributed by atoms with E-state index in [1.165, 1.54) is 5.56 Å². The fraction of sp³-hybridized carbons (Fsp3) is 0.150. The summed E-state index contributed by atoms with van der Waals surface area (Å²) in [6.07, 6.45) is 0.977. The van der Waals surface area contributed by atoms with E-state index in [0.29, 0.717) is 15.7 Å². The molecule has 0 saturated heterocycles. The van der Waals surface area contributed by atoms with Gasteiger partial charge in [0.1, 0.15) is 0 Å². The van der Waals surface area contributed by atoms with Crippen LogP contribution in [0.3, 0.4) is 0 Å². The molecule has 124 valence electrons. The number of hydrogen-bond acceptors (Lipinski definition) is 3. The number of carboxylic acids is 1. The van der Waals surface area contributed by atoms with Crippen LogP contribution in [0.2, 0.25) is 0 Å². The van der Waals surface area contributed by atoms with Gasteiger partial charge in [0.2, 0.25) is 0 Å². The molecule has 3 aromatic rings. The van der Waals surface area contributed by atoms with E-state index in [-0.39, 0.29) is 14.5 Å². The van der Waals surface area contributed by atoms with Crippen LogP contribution < -0.4 is 0 Å². The Hall–Kier alpha value is -2.67. The average Bonchev–Trinajstić information content (AvgIpc) is 3.03. The van der Waals surface area contributed by atoms with Crippen LogP contribution in [0, 0.1) is 18.3 Å². The van der Waals surface area contributed by atoms with Crippen molar-refractivity contribution in [3.05, 3.63) is 63.7 Å².